The van der Waals surface area contributed by atoms with Gasteiger partial charge in [0.25, 0.3) is 0 Å². The summed E-state index contributed by atoms with van der Waals surface area (Å²) < 4.78 is 0. The molecule has 2 aliphatic carbocycles. The molecule has 62 valence electrons. The van der Waals surface area contributed by atoms with E-state index in [-0.39, 0.29) is 0 Å². The minimum Gasteiger partial charge on any atom is -0.324 e. The predicted octanol–water partition coefficient (Wildman–Crippen LogP) is 2.37. The lowest BCUT2D eigenvalue weighted by molar-refractivity contribution is 0.513. The van der Waals surface area contributed by atoms with Crippen molar-refractivity contribution < 1.29 is 0 Å². The molecule has 1 heteroatoms. The summed E-state index contributed by atoms with van der Waals surface area (Å²) in [4.78, 5) is 0. The monoisotopic (exact) mass is 151 g/mol. The molecule has 0 saturated carbocycles. The average Bonchev–Trinajstić information content (AvgIpc) is 2.06. The van der Waals surface area contributed by atoms with E-state index < -0.39 is 0 Å². The van der Waals surface area contributed by atoms with Gasteiger partial charge in [0.05, 0.1) is 0 Å². The van der Waals surface area contributed by atoms with E-state index in [0.29, 0.717) is 6.04 Å². The van der Waals surface area contributed by atoms with Crippen LogP contribution in [0.5, 0.6) is 0 Å². The summed E-state index contributed by atoms with van der Waals surface area (Å²) in [5.74, 6) is 0. The second kappa shape index (κ2) is 2.98. The molecule has 1 unspecified atom stereocenters. The van der Waals surface area contributed by atoms with E-state index in [0.717, 1.165) is 0 Å². The van der Waals surface area contributed by atoms with Crippen molar-refractivity contribution >= 4 is 0 Å². The van der Waals surface area contributed by atoms with Crippen LogP contribution in [0.2, 0.25) is 0 Å². The second-order valence-corrected chi connectivity index (χ2v) is 3.83. The maximum absolute atomic E-state index is 6.03. The zero-order chi connectivity index (χ0) is 7.68. The molecule has 0 radical (unpaired) electrons. The summed E-state index contributed by atoms with van der Waals surface area (Å²) in [5.41, 5.74) is 9.38. The highest BCUT2D eigenvalue weighted by atomic mass is 14.6. The largest absolute Gasteiger partial charge is 0.324 e. The van der Waals surface area contributed by atoms with Crippen LogP contribution in [0.3, 0.4) is 0 Å². The van der Waals surface area contributed by atoms with Crippen molar-refractivity contribution in [1.82, 2.24) is 0 Å². The van der Waals surface area contributed by atoms with Crippen LogP contribution in [-0.4, -0.2) is 6.04 Å². The lowest BCUT2D eigenvalue weighted by Crippen LogP contribution is -2.28. The Labute approximate surface area is 68.7 Å². The van der Waals surface area contributed by atoms with Crippen LogP contribution in [0.4, 0.5) is 0 Å². The Balaban J connectivity index is 2.21. The van der Waals surface area contributed by atoms with Gasteiger partial charge in [-0.2, -0.15) is 0 Å². The Morgan fingerprint density at radius 3 is 2.55 bits per heavy atom. The third kappa shape index (κ3) is 1.34. The van der Waals surface area contributed by atoms with Crippen molar-refractivity contribution in [3.8, 4) is 0 Å². The SMILES string of the molecule is NC1CCCC2=C1CCCC2. The highest BCUT2D eigenvalue weighted by molar-refractivity contribution is 5.24. The zero-order valence-electron chi connectivity index (χ0n) is 7.10. The Kier molecular flexibility index (Phi) is 1.99. The fourth-order valence-electron chi connectivity index (χ4n) is 2.43. The first-order valence-electron chi connectivity index (χ1n) is 4.84. The van der Waals surface area contributed by atoms with Crippen molar-refractivity contribution in [3.05, 3.63) is 11.1 Å². The van der Waals surface area contributed by atoms with Crippen molar-refractivity contribution in [2.45, 2.75) is 51.0 Å². The van der Waals surface area contributed by atoms with Crippen molar-refractivity contribution in [1.29, 1.82) is 0 Å². The summed E-state index contributed by atoms with van der Waals surface area (Å²) in [6, 6.07) is 0.430. The van der Waals surface area contributed by atoms with Gasteiger partial charge in [-0.3, -0.25) is 0 Å². The normalized spacial score (nSPS) is 31.9. The molecule has 0 bridgehead atoms. The Morgan fingerprint density at radius 1 is 1.00 bits per heavy atom. The van der Waals surface area contributed by atoms with Crippen molar-refractivity contribution in [2.24, 2.45) is 5.73 Å². The lowest BCUT2D eigenvalue weighted by Gasteiger charge is -2.29. The predicted molar refractivity (Wildman–Crippen MR) is 47.3 cm³/mol. The number of rotatable bonds is 0. The van der Waals surface area contributed by atoms with Crippen LogP contribution in [0, 0.1) is 0 Å². The molecule has 0 aliphatic heterocycles. The molecular weight excluding hydrogens is 134 g/mol. The van der Waals surface area contributed by atoms with Crippen molar-refractivity contribution in [2.75, 3.05) is 0 Å². The molecule has 0 aromatic carbocycles. The van der Waals surface area contributed by atoms with Gasteiger partial charge >= 0.3 is 0 Å². The van der Waals surface area contributed by atoms with Gasteiger partial charge in [-0.25, -0.2) is 0 Å². The van der Waals surface area contributed by atoms with E-state index >= 15 is 0 Å². The maximum Gasteiger partial charge on any atom is 0.0256 e. The third-order valence-electron chi connectivity index (χ3n) is 3.07. The quantitative estimate of drug-likeness (QED) is 0.528. The van der Waals surface area contributed by atoms with Gasteiger partial charge < -0.3 is 5.73 Å². The molecule has 2 aliphatic rings. The van der Waals surface area contributed by atoms with Gasteiger partial charge in [0, 0.05) is 6.04 Å². The molecule has 1 nitrogen and oxygen atoms in total. The number of nitrogens with two attached hydrogens (primary N) is 1. The van der Waals surface area contributed by atoms with Crippen molar-refractivity contribution in [3.63, 3.8) is 0 Å². The van der Waals surface area contributed by atoms with E-state index in [4.69, 9.17) is 5.73 Å². The Bertz CT molecular complexity index is 177. The molecule has 0 fully saturated rings. The van der Waals surface area contributed by atoms with E-state index in [1.807, 2.05) is 0 Å². The van der Waals surface area contributed by atoms with Gasteiger partial charge in [0.15, 0.2) is 0 Å². The molecule has 0 amide bonds. The van der Waals surface area contributed by atoms with E-state index in [2.05, 4.69) is 0 Å². The van der Waals surface area contributed by atoms with Gasteiger partial charge in [0.1, 0.15) is 0 Å². The number of hydrogen-bond acceptors (Lipinski definition) is 1. The first-order chi connectivity index (χ1) is 5.38. The summed E-state index contributed by atoms with van der Waals surface area (Å²) in [6.07, 6.45) is 9.36. The highest BCUT2D eigenvalue weighted by Gasteiger charge is 2.21. The highest BCUT2D eigenvalue weighted by Crippen LogP contribution is 2.34. The van der Waals surface area contributed by atoms with E-state index in [1.165, 1.54) is 44.9 Å². The molecule has 0 aromatic heterocycles. The first-order valence-corrected chi connectivity index (χ1v) is 4.84. The second-order valence-electron chi connectivity index (χ2n) is 3.83. The summed E-state index contributed by atoms with van der Waals surface area (Å²) >= 11 is 0. The maximum atomic E-state index is 6.03. The Morgan fingerprint density at radius 2 is 1.73 bits per heavy atom. The van der Waals surface area contributed by atoms with Crippen LogP contribution in [0.15, 0.2) is 11.1 Å². The number of allylic oxidation sites excluding steroid dienone is 1. The summed E-state index contributed by atoms with van der Waals surface area (Å²) in [6.45, 7) is 0. The van der Waals surface area contributed by atoms with Crippen LogP contribution >= 0.6 is 0 Å². The molecule has 11 heavy (non-hydrogen) atoms. The van der Waals surface area contributed by atoms with Crippen LogP contribution in [-0.2, 0) is 0 Å². The minimum atomic E-state index is 0.430. The van der Waals surface area contributed by atoms with Gasteiger partial charge in [-0.1, -0.05) is 11.1 Å². The molecular formula is C10H17N. The number of hydrogen-bond donors (Lipinski definition) is 1. The minimum absolute atomic E-state index is 0.430. The fraction of sp³-hybridized carbons (Fsp3) is 0.800. The van der Waals surface area contributed by atoms with Gasteiger partial charge in [0.2, 0.25) is 0 Å². The smallest absolute Gasteiger partial charge is 0.0256 e. The lowest BCUT2D eigenvalue weighted by atomic mass is 9.80. The molecule has 2 N–H and O–H groups in total. The van der Waals surface area contributed by atoms with Gasteiger partial charge in [-0.05, 0) is 44.9 Å². The van der Waals surface area contributed by atoms with E-state index in [9.17, 15) is 0 Å². The van der Waals surface area contributed by atoms with E-state index in [1.54, 1.807) is 11.1 Å². The summed E-state index contributed by atoms with van der Waals surface area (Å²) in [5, 5.41) is 0. The topological polar surface area (TPSA) is 26.0 Å². The first kappa shape index (κ1) is 7.35. The fourth-order valence-corrected chi connectivity index (χ4v) is 2.43. The summed E-state index contributed by atoms with van der Waals surface area (Å²) in [7, 11) is 0. The molecule has 0 spiro atoms. The molecule has 0 saturated heterocycles. The molecule has 1 atom stereocenters. The molecule has 0 heterocycles. The zero-order valence-corrected chi connectivity index (χ0v) is 7.10. The third-order valence-corrected chi connectivity index (χ3v) is 3.07. The van der Waals surface area contributed by atoms with Crippen LogP contribution in [0.1, 0.15) is 44.9 Å². The van der Waals surface area contributed by atoms with Gasteiger partial charge in [-0.15, -0.1) is 0 Å². The average molecular weight is 151 g/mol. The van der Waals surface area contributed by atoms with Crippen LogP contribution < -0.4 is 5.73 Å². The van der Waals surface area contributed by atoms with Crippen LogP contribution in [0.25, 0.3) is 0 Å². The Hall–Kier alpha value is -0.300. The molecule has 2 rings (SSSR count). The molecule has 0 aromatic rings. The standard InChI is InChI=1S/C10H17N/c11-10-7-3-5-8-4-1-2-6-9(8)10/h10H,1-7,11H2.